The van der Waals surface area contributed by atoms with Crippen molar-refractivity contribution < 1.29 is 0 Å². The molecule has 3 rings (SSSR count). The number of nitrogens with one attached hydrogen (secondary N) is 1. The summed E-state index contributed by atoms with van der Waals surface area (Å²) < 4.78 is 0. The molecule has 0 amide bonds. The molecule has 0 aliphatic heterocycles. The first-order valence-corrected chi connectivity index (χ1v) is 8.93. The van der Waals surface area contributed by atoms with Gasteiger partial charge < -0.3 is 5.32 Å². The molecule has 4 heteroatoms. The molecule has 1 N–H and O–H groups in total. The van der Waals surface area contributed by atoms with Gasteiger partial charge in [-0.05, 0) is 44.4 Å². The van der Waals surface area contributed by atoms with Crippen LogP contribution in [0.2, 0.25) is 0 Å². The van der Waals surface area contributed by atoms with Gasteiger partial charge in [0.25, 0.3) is 0 Å². The number of hydrogen-bond donors (Lipinski definition) is 1. The smallest absolute Gasteiger partial charge is 0.134 e. The van der Waals surface area contributed by atoms with Crippen molar-refractivity contribution in [3.8, 4) is 11.3 Å². The second-order valence-corrected chi connectivity index (χ2v) is 6.48. The number of aryl methyl sites for hydroxylation is 3. The van der Waals surface area contributed by atoms with Crippen molar-refractivity contribution in [2.45, 2.75) is 40.0 Å². The average Bonchev–Trinajstić information content (AvgIpc) is 2.61. The Labute approximate surface area is 162 Å². The van der Waals surface area contributed by atoms with Crippen molar-refractivity contribution >= 4 is 23.9 Å². The third kappa shape index (κ3) is 5.30. The SMILES string of the molecule is CCCCc1ccc(Nc2cc(-c3ccc(C)cc3)nc(C)n2)cc1.Cl. The Hall–Kier alpha value is -2.39. The molecule has 0 spiro atoms. The first-order valence-electron chi connectivity index (χ1n) is 8.93. The highest BCUT2D eigenvalue weighted by Crippen LogP contribution is 2.23. The fraction of sp³-hybridized carbons (Fsp3) is 0.273. The molecule has 1 heterocycles. The topological polar surface area (TPSA) is 37.8 Å². The number of anilines is 2. The number of halogens is 1. The van der Waals surface area contributed by atoms with Crippen LogP contribution in [-0.4, -0.2) is 9.97 Å². The van der Waals surface area contributed by atoms with Gasteiger partial charge >= 0.3 is 0 Å². The summed E-state index contributed by atoms with van der Waals surface area (Å²) in [6.45, 7) is 6.24. The van der Waals surface area contributed by atoms with E-state index in [0.717, 1.165) is 35.0 Å². The molecule has 0 saturated carbocycles. The lowest BCUT2D eigenvalue weighted by Gasteiger charge is -2.10. The molecule has 0 aliphatic carbocycles. The minimum Gasteiger partial charge on any atom is -0.340 e. The van der Waals surface area contributed by atoms with E-state index in [1.807, 2.05) is 13.0 Å². The van der Waals surface area contributed by atoms with Gasteiger partial charge in [0.1, 0.15) is 11.6 Å². The fourth-order valence-corrected chi connectivity index (χ4v) is 2.79. The molecule has 0 atom stereocenters. The highest BCUT2D eigenvalue weighted by Gasteiger charge is 2.05. The summed E-state index contributed by atoms with van der Waals surface area (Å²) in [5.74, 6) is 1.59. The zero-order valence-corrected chi connectivity index (χ0v) is 16.4. The monoisotopic (exact) mass is 367 g/mol. The van der Waals surface area contributed by atoms with Crippen molar-refractivity contribution in [3.63, 3.8) is 0 Å². The molecule has 0 radical (unpaired) electrons. The summed E-state index contributed by atoms with van der Waals surface area (Å²) in [6.07, 6.45) is 3.60. The van der Waals surface area contributed by atoms with Gasteiger partial charge in [-0.3, -0.25) is 0 Å². The lowest BCUT2D eigenvalue weighted by Crippen LogP contribution is -1.99. The van der Waals surface area contributed by atoms with Crippen LogP contribution in [0.25, 0.3) is 11.3 Å². The van der Waals surface area contributed by atoms with Gasteiger partial charge in [-0.25, -0.2) is 9.97 Å². The molecular formula is C22H26ClN3. The molecule has 0 unspecified atom stereocenters. The van der Waals surface area contributed by atoms with Crippen LogP contribution in [0.1, 0.15) is 36.7 Å². The number of aromatic nitrogens is 2. The third-order valence-corrected chi connectivity index (χ3v) is 4.23. The van der Waals surface area contributed by atoms with E-state index in [9.17, 15) is 0 Å². The van der Waals surface area contributed by atoms with Gasteiger partial charge in [0, 0.05) is 17.3 Å². The van der Waals surface area contributed by atoms with Crippen molar-refractivity contribution in [3.05, 3.63) is 71.5 Å². The molecule has 0 bridgehead atoms. The Bertz CT molecular complexity index is 827. The summed E-state index contributed by atoms with van der Waals surface area (Å²) in [5, 5.41) is 3.40. The quantitative estimate of drug-likeness (QED) is 0.558. The highest BCUT2D eigenvalue weighted by atomic mass is 35.5. The highest BCUT2D eigenvalue weighted by molar-refractivity contribution is 5.85. The Morgan fingerprint density at radius 3 is 2.23 bits per heavy atom. The van der Waals surface area contributed by atoms with Crippen LogP contribution in [-0.2, 0) is 6.42 Å². The van der Waals surface area contributed by atoms with E-state index in [2.05, 4.69) is 77.7 Å². The third-order valence-electron chi connectivity index (χ3n) is 4.23. The molecule has 3 aromatic rings. The summed E-state index contributed by atoms with van der Waals surface area (Å²) in [7, 11) is 0. The van der Waals surface area contributed by atoms with Crippen molar-refractivity contribution in [1.29, 1.82) is 0 Å². The summed E-state index contributed by atoms with van der Waals surface area (Å²) in [6, 6.07) is 19.0. The Kier molecular flexibility index (Phi) is 7.16. The van der Waals surface area contributed by atoms with Crippen molar-refractivity contribution in [2.75, 3.05) is 5.32 Å². The van der Waals surface area contributed by atoms with Gasteiger partial charge in [-0.15, -0.1) is 12.4 Å². The molecular weight excluding hydrogens is 342 g/mol. The van der Waals surface area contributed by atoms with E-state index in [1.54, 1.807) is 0 Å². The zero-order chi connectivity index (χ0) is 17.6. The maximum atomic E-state index is 4.57. The van der Waals surface area contributed by atoms with E-state index in [4.69, 9.17) is 0 Å². The maximum Gasteiger partial charge on any atom is 0.134 e. The van der Waals surface area contributed by atoms with E-state index in [0.29, 0.717) is 0 Å². The molecule has 0 saturated heterocycles. The van der Waals surface area contributed by atoms with Crippen molar-refractivity contribution in [1.82, 2.24) is 9.97 Å². The second-order valence-electron chi connectivity index (χ2n) is 6.48. The minimum absolute atomic E-state index is 0. The maximum absolute atomic E-state index is 4.57. The van der Waals surface area contributed by atoms with Crippen molar-refractivity contribution in [2.24, 2.45) is 0 Å². The number of nitrogens with zero attached hydrogens (tertiary/aromatic N) is 2. The molecule has 3 nitrogen and oxygen atoms in total. The Morgan fingerprint density at radius 1 is 0.885 bits per heavy atom. The Balaban J connectivity index is 0.00000243. The van der Waals surface area contributed by atoms with E-state index in [-0.39, 0.29) is 12.4 Å². The van der Waals surface area contributed by atoms with Crippen LogP contribution in [0.15, 0.2) is 54.6 Å². The number of unbranched alkanes of at least 4 members (excludes halogenated alkanes) is 1. The summed E-state index contributed by atoms with van der Waals surface area (Å²) >= 11 is 0. The van der Waals surface area contributed by atoms with Crippen LogP contribution in [0.3, 0.4) is 0 Å². The van der Waals surface area contributed by atoms with Crippen LogP contribution in [0.5, 0.6) is 0 Å². The largest absolute Gasteiger partial charge is 0.340 e. The molecule has 136 valence electrons. The first-order chi connectivity index (χ1) is 12.1. The van der Waals surface area contributed by atoms with Crippen LogP contribution in [0, 0.1) is 13.8 Å². The van der Waals surface area contributed by atoms with E-state index < -0.39 is 0 Å². The standard InChI is InChI=1S/C22H25N3.ClH/c1-4-5-6-18-9-13-20(14-10-18)25-22-15-21(23-17(3)24-22)19-11-7-16(2)8-12-19;/h7-15H,4-6H2,1-3H3,(H,23,24,25);1H. The zero-order valence-electron chi connectivity index (χ0n) is 15.6. The average molecular weight is 368 g/mol. The van der Waals surface area contributed by atoms with Gasteiger partial charge in [-0.1, -0.05) is 55.3 Å². The van der Waals surface area contributed by atoms with E-state index >= 15 is 0 Å². The molecule has 0 fully saturated rings. The summed E-state index contributed by atoms with van der Waals surface area (Å²) in [4.78, 5) is 9.09. The molecule has 1 aromatic heterocycles. The van der Waals surface area contributed by atoms with Crippen LogP contribution in [0.4, 0.5) is 11.5 Å². The predicted molar refractivity (Wildman–Crippen MR) is 113 cm³/mol. The van der Waals surface area contributed by atoms with Crippen LogP contribution < -0.4 is 5.32 Å². The number of hydrogen-bond acceptors (Lipinski definition) is 3. The molecule has 26 heavy (non-hydrogen) atoms. The summed E-state index contributed by atoms with van der Waals surface area (Å²) in [5.41, 5.74) is 5.72. The minimum atomic E-state index is 0. The molecule has 0 aliphatic rings. The second kappa shape index (κ2) is 9.35. The Morgan fingerprint density at radius 2 is 1.58 bits per heavy atom. The number of rotatable bonds is 6. The van der Waals surface area contributed by atoms with Gasteiger partial charge in [0.15, 0.2) is 0 Å². The van der Waals surface area contributed by atoms with Gasteiger partial charge in [0.2, 0.25) is 0 Å². The van der Waals surface area contributed by atoms with Gasteiger partial charge in [0.05, 0.1) is 5.69 Å². The lowest BCUT2D eigenvalue weighted by molar-refractivity contribution is 0.795. The first kappa shape index (κ1) is 19.9. The normalized spacial score (nSPS) is 10.3. The van der Waals surface area contributed by atoms with Gasteiger partial charge in [-0.2, -0.15) is 0 Å². The van der Waals surface area contributed by atoms with Crippen LogP contribution >= 0.6 is 12.4 Å². The number of benzene rings is 2. The predicted octanol–water partition coefficient (Wildman–Crippen LogP) is 6.27. The molecule has 2 aromatic carbocycles. The fourth-order valence-electron chi connectivity index (χ4n) is 2.79. The van der Waals surface area contributed by atoms with E-state index in [1.165, 1.54) is 24.0 Å². The lowest BCUT2D eigenvalue weighted by atomic mass is 10.1.